The Morgan fingerprint density at radius 3 is 2.71 bits per heavy atom. The van der Waals surface area contributed by atoms with Gasteiger partial charge in [-0.3, -0.25) is 14.9 Å². The Bertz CT molecular complexity index is 1510. The smallest absolute Gasteiger partial charge is 0.243 e. The highest BCUT2D eigenvalue weighted by Crippen LogP contribution is 2.42. The topological polar surface area (TPSA) is 75.2 Å². The average Bonchev–Trinajstić information content (AvgIpc) is 2.91. The van der Waals surface area contributed by atoms with Crippen LogP contribution in [-0.2, 0) is 10.0 Å². The van der Waals surface area contributed by atoms with Crippen molar-refractivity contribution in [1.29, 1.82) is 0 Å². The molecule has 2 bridgehead atoms. The third-order valence-electron chi connectivity index (χ3n) is 7.72. The van der Waals surface area contributed by atoms with Gasteiger partial charge in [-0.15, -0.1) is 6.58 Å². The lowest BCUT2D eigenvalue weighted by atomic mass is 9.73. The fourth-order valence-electron chi connectivity index (χ4n) is 5.99. The van der Waals surface area contributed by atoms with E-state index in [2.05, 4.69) is 32.2 Å². The zero-order valence-corrected chi connectivity index (χ0v) is 20.2. The van der Waals surface area contributed by atoms with Crippen molar-refractivity contribution in [3.63, 3.8) is 0 Å². The van der Waals surface area contributed by atoms with Crippen LogP contribution in [-0.4, -0.2) is 42.4 Å². The number of sulfonamides is 1. The second-order valence-electron chi connectivity index (χ2n) is 9.59. The number of rotatable bonds is 6. The lowest BCUT2D eigenvalue weighted by Crippen LogP contribution is -2.57. The second-order valence-corrected chi connectivity index (χ2v) is 11.3. The quantitative estimate of drug-likeness (QED) is 0.402. The van der Waals surface area contributed by atoms with E-state index in [1.807, 2.05) is 48.5 Å². The van der Waals surface area contributed by atoms with Crippen molar-refractivity contribution < 1.29 is 8.42 Å². The molecule has 0 spiro atoms. The second kappa shape index (κ2) is 8.82. The fraction of sp³-hybridized carbons (Fsp3) is 0.286. The minimum atomic E-state index is -3.87. The molecule has 35 heavy (non-hydrogen) atoms. The fourth-order valence-corrected chi connectivity index (χ4v) is 7.41. The molecule has 6 nitrogen and oxygen atoms in total. The van der Waals surface area contributed by atoms with E-state index in [1.165, 1.54) is 0 Å². The molecule has 3 aliphatic rings. The van der Waals surface area contributed by atoms with Gasteiger partial charge in [0.2, 0.25) is 10.0 Å². The molecule has 0 saturated carbocycles. The highest BCUT2D eigenvalue weighted by atomic mass is 32.2. The van der Waals surface area contributed by atoms with Crippen molar-refractivity contribution in [3.05, 3.63) is 91.3 Å². The third kappa shape index (κ3) is 3.93. The number of hydrogen-bond donors (Lipinski definition) is 1. The van der Waals surface area contributed by atoms with Gasteiger partial charge in [0.05, 0.1) is 17.1 Å². The Morgan fingerprint density at radius 2 is 1.89 bits per heavy atom. The molecule has 3 saturated heterocycles. The number of pyridine rings is 2. The molecule has 4 unspecified atom stereocenters. The summed E-state index contributed by atoms with van der Waals surface area (Å²) < 4.78 is 31.0. The molecule has 0 aliphatic carbocycles. The highest BCUT2D eigenvalue weighted by Gasteiger charge is 2.44. The van der Waals surface area contributed by atoms with Crippen LogP contribution in [0.25, 0.3) is 21.8 Å². The largest absolute Gasteiger partial charge is 0.298 e. The number of benzene rings is 2. The molecule has 7 rings (SSSR count). The summed E-state index contributed by atoms with van der Waals surface area (Å²) in [6, 6.07) is 18.5. The van der Waals surface area contributed by atoms with E-state index in [0.29, 0.717) is 17.4 Å². The van der Waals surface area contributed by atoms with Gasteiger partial charge in [0.15, 0.2) is 0 Å². The summed E-state index contributed by atoms with van der Waals surface area (Å²) >= 11 is 0. The van der Waals surface area contributed by atoms with Crippen LogP contribution in [0.1, 0.15) is 24.4 Å². The van der Waals surface area contributed by atoms with E-state index in [1.54, 1.807) is 24.5 Å². The summed E-state index contributed by atoms with van der Waals surface area (Å²) in [6.45, 7) is 5.93. The Balaban J connectivity index is 1.47. The molecule has 178 valence electrons. The minimum Gasteiger partial charge on any atom is -0.298 e. The molecular formula is C28H28N4O2S. The predicted octanol–water partition coefficient (Wildman–Crippen LogP) is 4.70. The molecule has 7 heteroatoms. The monoisotopic (exact) mass is 484 g/mol. The molecule has 2 aromatic carbocycles. The zero-order valence-electron chi connectivity index (χ0n) is 19.4. The van der Waals surface area contributed by atoms with Crippen molar-refractivity contribution in [2.45, 2.75) is 29.8 Å². The van der Waals surface area contributed by atoms with E-state index in [4.69, 9.17) is 0 Å². The summed E-state index contributed by atoms with van der Waals surface area (Å²) in [7, 11) is -3.87. The van der Waals surface area contributed by atoms with Gasteiger partial charge < -0.3 is 0 Å². The van der Waals surface area contributed by atoms with Crippen molar-refractivity contribution in [2.75, 3.05) is 13.1 Å². The van der Waals surface area contributed by atoms with Crippen LogP contribution in [0, 0.1) is 11.8 Å². The number of nitrogens with zero attached hydrogens (tertiary/aromatic N) is 3. The van der Waals surface area contributed by atoms with Gasteiger partial charge in [-0.25, -0.2) is 13.1 Å². The Kier molecular flexibility index (Phi) is 5.63. The maximum absolute atomic E-state index is 13.9. The van der Waals surface area contributed by atoms with Crippen LogP contribution in [0.3, 0.4) is 0 Å². The molecule has 3 aliphatic heterocycles. The van der Waals surface area contributed by atoms with Crippen LogP contribution in [0.5, 0.6) is 0 Å². The number of nitrogens with one attached hydrogen (secondary N) is 1. The number of fused-ring (bicyclic) bond motifs is 5. The van der Waals surface area contributed by atoms with Crippen LogP contribution in [0.2, 0.25) is 0 Å². The van der Waals surface area contributed by atoms with Gasteiger partial charge in [0.1, 0.15) is 4.90 Å². The van der Waals surface area contributed by atoms with Crippen molar-refractivity contribution in [1.82, 2.24) is 19.6 Å². The Labute approximate surface area is 205 Å². The molecule has 5 atom stereocenters. The zero-order chi connectivity index (χ0) is 24.0. The first kappa shape index (κ1) is 22.3. The first-order valence-corrected chi connectivity index (χ1v) is 13.6. The number of para-hydroxylation sites is 2. The number of hydrogen-bond acceptors (Lipinski definition) is 5. The van der Waals surface area contributed by atoms with Gasteiger partial charge in [-0.05, 0) is 61.1 Å². The van der Waals surface area contributed by atoms with Crippen LogP contribution >= 0.6 is 0 Å². The lowest BCUT2D eigenvalue weighted by molar-refractivity contribution is 0.00490. The van der Waals surface area contributed by atoms with Crippen molar-refractivity contribution >= 4 is 31.8 Å². The molecule has 0 radical (unpaired) electrons. The highest BCUT2D eigenvalue weighted by molar-refractivity contribution is 7.89. The third-order valence-corrected chi connectivity index (χ3v) is 9.20. The van der Waals surface area contributed by atoms with E-state index >= 15 is 0 Å². The maximum atomic E-state index is 13.9. The summed E-state index contributed by atoms with van der Waals surface area (Å²) in [4.78, 5) is 11.6. The first-order chi connectivity index (χ1) is 17.0. The van der Waals surface area contributed by atoms with Gasteiger partial charge in [-0.2, -0.15) is 0 Å². The van der Waals surface area contributed by atoms with Gasteiger partial charge in [-0.1, -0.05) is 42.5 Å². The van der Waals surface area contributed by atoms with E-state index in [0.717, 1.165) is 47.8 Å². The number of piperidine rings is 3. The van der Waals surface area contributed by atoms with E-state index in [-0.39, 0.29) is 10.9 Å². The predicted molar refractivity (Wildman–Crippen MR) is 138 cm³/mol. The van der Waals surface area contributed by atoms with E-state index < -0.39 is 16.1 Å². The van der Waals surface area contributed by atoms with Crippen LogP contribution < -0.4 is 4.72 Å². The van der Waals surface area contributed by atoms with Gasteiger partial charge in [0, 0.05) is 35.8 Å². The molecule has 5 heterocycles. The van der Waals surface area contributed by atoms with Gasteiger partial charge in [0.25, 0.3) is 0 Å². The molecule has 2 aromatic heterocycles. The SMILES string of the molecule is C=CC1CN2CCC1CC2[C@H](NS(=O)(=O)c1cccc2cccnc12)c1ccnc2ccccc12. The number of aromatic nitrogens is 2. The summed E-state index contributed by atoms with van der Waals surface area (Å²) in [5.74, 6) is 0.968. The molecule has 4 aromatic rings. The van der Waals surface area contributed by atoms with Crippen LogP contribution in [0.4, 0.5) is 0 Å². The van der Waals surface area contributed by atoms with E-state index in [9.17, 15) is 8.42 Å². The molecule has 1 N–H and O–H groups in total. The standard InChI is InChI=1S/C28H28N4O2S/c1-2-19-18-32-16-13-21(19)17-25(32)28(23-12-15-29-24-10-4-3-9-22(23)24)31-35(33,34)26-11-5-7-20-8-6-14-30-27(20)26/h2-12,14-15,19,21,25,28,31H,1,13,16-18H2/t19?,21?,25?,28-/m1/s1. The minimum absolute atomic E-state index is 0.0495. The Morgan fingerprint density at radius 1 is 1.03 bits per heavy atom. The first-order valence-electron chi connectivity index (χ1n) is 12.1. The van der Waals surface area contributed by atoms with Crippen molar-refractivity contribution in [2.24, 2.45) is 11.8 Å². The van der Waals surface area contributed by atoms with Crippen molar-refractivity contribution in [3.8, 4) is 0 Å². The Hall–Kier alpha value is -3.13. The summed E-state index contributed by atoms with van der Waals surface area (Å²) in [5, 5.41) is 1.78. The molecule has 3 fully saturated rings. The lowest BCUT2D eigenvalue weighted by Gasteiger charge is -2.51. The normalized spacial score (nSPS) is 25.0. The summed E-state index contributed by atoms with van der Waals surface area (Å²) in [6.07, 6.45) is 7.53. The summed E-state index contributed by atoms with van der Waals surface area (Å²) in [5.41, 5.74) is 2.30. The van der Waals surface area contributed by atoms with Crippen LogP contribution in [0.15, 0.2) is 90.6 Å². The maximum Gasteiger partial charge on any atom is 0.243 e. The van der Waals surface area contributed by atoms with Gasteiger partial charge >= 0.3 is 0 Å². The average molecular weight is 485 g/mol. The molecule has 0 amide bonds. The molecular weight excluding hydrogens is 456 g/mol.